The van der Waals surface area contributed by atoms with Crippen molar-refractivity contribution in [3.05, 3.63) is 62.4 Å². The van der Waals surface area contributed by atoms with Crippen molar-refractivity contribution in [1.29, 1.82) is 0 Å². The van der Waals surface area contributed by atoms with E-state index >= 15 is 0 Å². The Hall–Kier alpha value is -1.87. The second-order valence-corrected chi connectivity index (χ2v) is 8.30. The summed E-state index contributed by atoms with van der Waals surface area (Å²) < 4.78 is 67.9. The molecule has 1 amide bonds. The van der Waals surface area contributed by atoms with E-state index in [4.69, 9.17) is 38.9 Å². The quantitative estimate of drug-likeness (QED) is 0.342. The van der Waals surface area contributed by atoms with E-state index in [9.17, 15) is 15.2 Å². The smallest absolute Gasteiger partial charge is 0.224 e. The molecular formula is C23H27Cl2N3O4. The summed E-state index contributed by atoms with van der Waals surface area (Å²) in [5, 5.41) is 30.0. The lowest BCUT2D eigenvalue weighted by atomic mass is 10.0. The number of carbonyl (C=O) groups is 1. The molecule has 0 radical (unpaired) electrons. The van der Waals surface area contributed by atoms with Crippen LogP contribution in [-0.2, 0) is 11.2 Å². The fourth-order valence-electron chi connectivity index (χ4n) is 3.39. The van der Waals surface area contributed by atoms with E-state index in [1.54, 1.807) is 12.1 Å². The van der Waals surface area contributed by atoms with Crippen molar-refractivity contribution in [1.82, 2.24) is 4.65 Å². The Morgan fingerprint density at radius 3 is 2.62 bits per heavy atom. The average molecular weight is 488 g/mol. The summed E-state index contributed by atoms with van der Waals surface area (Å²) in [6, 6.07) is 8.50. The summed E-state index contributed by atoms with van der Waals surface area (Å²) in [6.45, 7) is -16.1. The predicted molar refractivity (Wildman–Crippen MR) is 128 cm³/mol. The maximum absolute atomic E-state index is 14.1. The highest BCUT2D eigenvalue weighted by atomic mass is 35.5. The van der Waals surface area contributed by atoms with Crippen LogP contribution < -0.4 is 14.7 Å². The molecule has 0 aliphatic carbocycles. The maximum atomic E-state index is 14.1. The number of ether oxygens (including phenoxy) is 1. The van der Waals surface area contributed by atoms with Gasteiger partial charge in [0.2, 0.25) is 5.91 Å². The van der Waals surface area contributed by atoms with Crippen molar-refractivity contribution in [3.8, 4) is 5.75 Å². The number of fused-ring (bicyclic) bond motifs is 1. The van der Waals surface area contributed by atoms with E-state index in [-0.39, 0.29) is 30.4 Å². The first-order valence-electron chi connectivity index (χ1n) is 14.1. The molecule has 1 saturated heterocycles. The molecule has 0 atom stereocenters. The number of hydrogen-bond acceptors (Lipinski definition) is 4. The number of aryl methyl sites for hydroxylation is 1. The van der Waals surface area contributed by atoms with Crippen LogP contribution >= 0.6 is 23.2 Å². The number of rotatable bonds is 7. The van der Waals surface area contributed by atoms with E-state index in [0.29, 0.717) is 24.3 Å². The van der Waals surface area contributed by atoms with Crippen LogP contribution in [0.25, 0.3) is 0 Å². The molecule has 0 saturated carbocycles. The van der Waals surface area contributed by atoms with Crippen LogP contribution in [0.5, 0.6) is 5.75 Å². The van der Waals surface area contributed by atoms with Gasteiger partial charge in [-0.1, -0.05) is 35.3 Å². The number of carbonyl (C=O) groups excluding carboxylic acids is 1. The van der Waals surface area contributed by atoms with Gasteiger partial charge < -0.3 is 29.8 Å². The van der Waals surface area contributed by atoms with Gasteiger partial charge in [-0.05, 0) is 30.5 Å². The molecule has 32 heavy (non-hydrogen) atoms. The number of piperazine rings is 1. The number of quaternary nitrogens is 2. The molecule has 0 aromatic heterocycles. The lowest BCUT2D eigenvalue weighted by Gasteiger charge is -2.54. The summed E-state index contributed by atoms with van der Waals surface area (Å²) in [7, 11) is 0. The number of unbranched alkanes of at least 4 members (excludes halogenated alkanes) is 1. The number of hydrogen-bond donors (Lipinski definition) is 1. The Labute approximate surface area is 209 Å². The zero-order valence-corrected chi connectivity index (χ0v) is 18.5. The number of amides is 1. The van der Waals surface area contributed by atoms with E-state index in [1.165, 1.54) is 12.1 Å². The van der Waals surface area contributed by atoms with Crippen LogP contribution in [0.1, 0.15) is 35.8 Å². The first kappa shape index (κ1) is 15.1. The maximum Gasteiger partial charge on any atom is 0.224 e. The monoisotopic (exact) mass is 487 g/mol. The lowest BCUT2D eigenvalue weighted by Crippen LogP contribution is -2.63. The van der Waals surface area contributed by atoms with E-state index in [1.807, 2.05) is 6.07 Å². The minimum atomic E-state index is -3.85. The fourth-order valence-corrected chi connectivity index (χ4v) is 3.81. The van der Waals surface area contributed by atoms with E-state index < -0.39 is 52.5 Å². The molecule has 2 heterocycles. The highest BCUT2D eigenvalue weighted by Gasteiger charge is 2.35. The van der Waals surface area contributed by atoms with Crippen molar-refractivity contribution < 1.29 is 25.1 Å². The molecule has 4 rings (SSSR count). The van der Waals surface area contributed by atoms with Crippen molar-refractivity contribution in [3.63, 3.8) is 0 Å². The number of halogens is 2. The summed E-state index contributed by atoms with van der Waals surface area (Å²) in [5.74, 6) is 0.312. The molecule has 1 fully saturated rings. The van der Waals surface area contributed by atoms with Gasteiger partial charge in [0, 0.05) is 30.7 Å². The molecule has 172 valence electrons. The van der Waals surface area contributed by atoms with Crippen LogP contribution in [-0.4, -0.2) is 49.7 Å². The van der Waals surface area contributed by atoms with Crippen LogP contribution in [0.15, 0.2) is 36.4 Å². The van der Waals surface area contributed by atoms with Crippen LogP contribution in [0.4, 0.5) is 11.4 Å². The van der Waals surface area contributed by atoms with Crippen molar-refractivity contribution in [2.45, 2.75) is 25.7 Å². The van der Waals surface area contributed by atoms with Gasteiger partial charge in [-0.2, -0.15) is 0 Å². The average Bonchev–Trinajstić information content (AvgIpc) is 2.88. The van der Waals surface area contributed by atoms with Crippen molar-refractivity contribution in [2.75, 3.05) is 44.5 Å². The molecule has 7 nitrogen and oxygen atoms in total. The number of anilines is 1. The molecule has 1 N–H and O–H groups in total. The van der Waals surface area contributed by atoms with Gasteiger partial charge in [0.25, 0.3) is 0 Å². The van der Waals surface area contributed by atoms with Crippen LogP contribution in [0.3, 0.4) is 0 Å². The van der Waals surface area contributed by atoms with Gasteiger partial charge >= 0.3 is 0 Å². The first-order chi connectivity index (χ1) is 18.4. The molecule has 0 unspecified atom stereocenters. The van der Waals surface area contributed by atoms with Gasteiger partial charge in [0.1, 0.15) is 36.8 Å². The second-order valence-electron chi connectivity index (χ2n) is 7.52. The fraction of sp³-hybridized carbons (Fsp3) is 0.435. The molecule has 0 bridgehead atoms. The van der Waals surface area contributed by atoms with Crippen molar-refractivity contribution >= 4 is 40.5 Å². The summed E-state index contributed by atoms with van der Waals surface area (Å²) in [6.07, 6.45) is 0.898. The minimum absolute atomic E-state index is 0.0121. The number of nitrogens with zero attached hydrogens (tertiary/aromatic N) is 2. The van der Waals surface area contributed by atoms with Gasteiger partial charge in [-0.3, -0.25) is 4.79 Å². The number of benzene rings is 2. The normalized spacial score (nSPS) is 35.2. The molecule has 9 heteroatoms. The van der Waals surface area contributed by atoms with E-state index in [2.05, 4.69) is 5.32 Å². The molecule has 2 aromatic rings. The van der Waals surface area contributed by atoms with E-state index in [0.717, 1.165) is 11.6 Å². The molecular weight excluding hydrogens is 453 g/mol. The lowest BCUT2D eigenvalue weighted by molar-refractivity contribution is -0.884. The summed E-state index contributed by atoms with van der Waals surface area (Å²) in [4.78, 5) is 11.6. The highest BCUT2D eigenvalue weighted by Crippen LogP contribution is 2.37. The highest BCUT2D eigenvalue weighted by molar-refractivity contribution is 6.43. The SMILES string of the molecule is [2H]C1([2H])C([2H])([2H])[N+]([O-])(c2cccc(Cl)c2Cl)C([2H])([2H])C([2H])([2H])[N+]1([O-])CCCCOc1ccc2c(c1)NC(=O)CC2. The molecule has 2 aliphatic rings. The van der Waals surface area contributed by atoms with Gasteiger partial charge in [-0.15, -0.1) is 0 Å². The standard InChI is InChI=1S/C23H27Cl2N3O4/c24-19-4-3-5-21(23(19)25)28(31)13-11-27(30,12-14-28)10-1-2-15-32-18-8-6-17-7-9-22(29)26-20(17)16-18/h3-6,8,16H,1-2,7,9-15H2,(H,26,29)/i11D2,12D2,13D2,14D2. The second kappa shape index (κ2) is 9.55. The Balaban J connectivity index is 1.56. The molecule has 2 aliphatic heterocycles. The van der Waals surface area contributed by atoms with Crippen LogP contribution in [0, 0.1) is 10.4 Å². The third kappa shape index (κ3) is 5.20. The third-order valence-electron chi connectivity index (χ3n) is 5.16. The zero-order chi connectivity index (χ0) is 29.9. The zero-order valence-electron chi connectivity index (χ0n) is 25.0. The van der Waals surface area contributed by atoms with Crippen LogP contribution in [0.2, 0.25) is 10.0 Å². The van der Waals surface area contributed by atoms with Gasteiger partial charge in [0.15, 0.2) is 5.69 Å². The Morgan fingerprint density at radius 2 is 1.84 bits per heavy atom. The minimum Gasteiger partial charge on any atom is -0.632 e. The molecule has 0 spiro atoms. The molecule has 2 aromatic carbocycles. The topological polar surface area (TPSA) is 84.4 Å². The van der Waals surface area contributed by atoms with Crippen molar-refractivity contribution in [2.24, 2.45) is 0 Å². The van der Waals surface area contributed by atoms with Gasteiger partial charge in [0.05, 0.1) is 29.1 Å². The number of hydroxylamine groups is 5. The predicted octanol–water partition coefficient (Wildman–Crippen LogP) is 4.87. The first-order valence-corrected chi connectivity index (χ1v) is 10.8. The largest absolute Gasteiger partial charge is 0.632 e. The summed E-state index contributed by atoms with van der Waals surface area (Å²) in [5.41, 5.74) is 0.726. The Kier molecular flexibility index (Phi) is 4.51. The Morgan fingerprint density at radius 1 is 1.06 bits per heavy atom. The van der Waals surface area contributed by atoms with Gasteiger partial charge in [-0.25, -0.2) is 0 Å². The Bertz CT molecular complexity index is 1300. The third-order valence-corrected chi connectivity index (χ3v) is 5.97. The summed E-state index contributed by atoms with van der Waals surface area (Å²) >= 11 is 12.1. The number of nitrogens with one attached hydrogen (secondary N) is 1.